The minimum Gasteiger partial charge on any atom is -0.515 e. The van der Waals surface area contributed by atoms with E-state index in [1.54, 1.807) is 12.1 Å². The van der Waals surface area contributed by atoms with Gasteiger partial charge >= 0.3 is 0 Å². The third-order valence-electron chi connectivity index (χ3n) is 1.88. The standard InChI is InChI=1S/C11H13NO2/c1-12(2)10-6-4-3-5-9(10)11(14)7-8-13/h3-8,13H,1-2H3. The topological polar surface area (TPSA) is 40.5 Å². The van der Waals surface area contributed by atoms with Crippen LogP contribution in [0.3, 0.4) is 0 Å². The van der Waals surface area contributed by atoms with Crippen molar-refractivity contribution < 1.29 is 9.90 Å². The molecule has 0 unspecified atom stereocenters. The van der Waals surface area contributed by atoms with Crippen LogP contribution in [-0.2, 0) is 0 Å². The van der Waals surface area contributed by atoms with Crippen LogP contribution in [0.5, 0.6) is 0 Å². The Morgan fingerprint density at radius 2 is 2.00 bits per heavy atom. The molecular weight excluding hydrogens is 178 g/mol. The first-order valence-corrected chi connectivity index (χ1v) is 4.28. The maximum atomic E-state index is 11.5. The molecule has 0 aliphatic rings. The molecule has 0 aliphatic heterocycles. The fourth-order valence-corrected chi connectivity index (χ4v) is 1.23. The van der Waals surface area contributed by atoms with E-state index in [2.05, 4.69) is 0 Å². The van der Waals surface area contributed by atoms with Gasteiger partial charge in [-0.3, -0.25) is 4.79 Å². The van der Waals surface area contributed by atoms with Crippen molar-refractivity contribution in [2.24, 2.45) is 0 Å². The number of para-hydroxylation sites is 1. The van der Waals surface area contributed by atoms with Crippen LogP contribution in [0.4, 0.5) is 5.69 Å². The Labute approximate surface area is 83.3 Å². The monoisotopic (exact) mass is 191 g/mol. The van der Waals surface area contributed by atoms with Gasteiger partial charge in [-0.2, -0.15) is 0 Å². The summed E-state index contributed by atoms with van der Waals surface area (Å²) in [5, 5.41) is 8.51. The molecule has 0 fully saturated rings. The summed E-state index contributed by atoms with van der Waals surface area (Å²) in [6.45, 7) is 0. The molecule has 1 aromatic rings. The van der Waals surface area contributed by atoms with Crippen molar-refractivity contribution in [1.82, 2.24) is 0 Å². The van der Waals surface area contributed by atoms with E-state index < -0.39 is 0 Å². The van der Waals surface area contributed by atoms with E-state index >= 15 is 0 Å². The quantitative estimate of drug-likeness (QED) is 0.451. The van der Waals surface area contributed by atoms with E-state index in [1.807, 2.05) is 31.1 Å². The van der Waals surface area contributed by atoms with Gasteiger partial charge in [0.25, 0.3) is 0 Å². The number of carbonyl (C=O) groups excluding carboxylic acids is 1. The summed E-state index contributed by atoms with van der Waals surface area (Å²) >= 11 is 0. The second-order valence-electron chi connectivity index (χ2n) is 3.09. The third-order valence-corrected chi connectivity index (χ3v) is 1.88. The average molecular weight is 191 g/mol. The van der Waals surface area contributed by atoms with E-state index in [9.17, 15) is 4.79 Å². The Morgan fingerprint density at radius 1 is 1.36 bits per heavy atom. The summed E-state index contributed by atoms with van der Waals surface area (Å²) in [7, 11) is 3.74. The van der Waals surface area contributed by atoms with Gasteiger partial charge in [-0.05, 0) is 12.1 Å². The summed E-state index contributed by atoms with van der Waals surface area (Å²) in [6.07, 6.45) is 1.90. The Balaban J connectivity index is 3.13. The number of hydrogen-bond acceptors (Lipinski definition) is 3. The molecule has 1 N–H and O–H groups in total. The van der Waals surface area contributed by atoms with Crippen LogP contribution in [0.2, 0.25) is 0 Å². The number of nitrogens with zero attached hydrogens (tertiary/aromatic N) is 1. The van der Waals surface area contributed by atoms with Crippen LogP contribution < -0.4 is 4.90 Å². The fourth-order valence-electron chi connectivity index (χ4n) is 1.23. The molecule has 1 rings (SSSR count). The van der Waals surface area contributed by atoms with Gasteiger partial charge in [-0.25, -0.2) is 0 Å². The summed E-state index contributed by atoms with van der Waals surface area (Å²) in [5.41, 5.74) is 1.43. The second kappa shape index (κ2) is 4.46. The normalized spacial score (nSPS) is 10.4. The van der Waals surface area contributed by atoms with E-state index in [0.29, 0.717) is 5.56 Å². The van der Waals surface area contributed by atoms with Gasteiger partial charge in [0.05, 0.1) is 6.26 Å². The number of allylic oxidation sites excluding steroid dienone is 1. The van der Waals surface area contributed by atoms with Crippen LogP contribution in [0.1, 0.15) is 10.4 Å². The van der Waals surface area contributed by atoms with Crippen molar-refractivity contribution in [3.05, 3.63) is 42.2 Å². The molecule has 0 saturated heterocycles. The van der Waals surface area contributed by atoms with Crippen LogP contribution in [0, 0.1) is 0 Å². The summed E-state index contributed by atoms with van der Waals surface area (Å²) in [6, 6.07) is 7.26. The Morgan fingerprint density at radius 3 is 2.57 bits per heavy atom. The zero-order valence-electron chi connectivity index (χ0n) is 8.27. The highest BCUT2D eigenvalue weighted by Crippen LogP contribution is 2.18. The third kappa shape index (κ3) is 2.13. The van der Waals surface area contributed by atoms with Crippen LogP contribution in [0.25, 0.3) is 0 Å². The first-order valence-electron chi connectivity index (χ1n) is 4.28. The minimum atomic E-state index is -0.197. The lowest BCUT2D eigenvalue weighted by atomic mass is 10.1. The van der Waals surface area contributed by atoms with Gasteiger partial charge in [0.2, 0.25) is 0 Å². The summed E-state index contributed by atoms with van der Waals surface area (Å²) < 4.78 is 0. The molecule has 0 heterocycles. The molecule has 3 heteroatoms. The summed E-state index contributed by atoms with van der Waals surface area (Å²) in [4.78, 5) is 13.4. The van der Waals surface area contributed by atoms with Gasteiger partial charge in [-0.1, -0.05) is 12.1 Å². The van der Waals surface area contributed by atoms with Gasteiger partial charge in [0.15, 0.2) is 5.78 Å². The van der Waals surface area contributed by atoms with Crippen LogP contribution in [0.15, 0.2) is 36.6 Å². The maximum absolute atomic E-state index is 11.5. The zero-order chi connectivity index (χ0) is 10.6. The number of anilines is 1. The van der Waals surface area contributed by atoms with E-state index in [0.717, 1.165) is 18.0 Å². The highest BCUT2D eigenvalue weighted by Gasteiger charge is 2.08. The SMILES string of the molecule is CN(C)c1ccccc1C(=O)C=CO. The molecule has 0 atom stereocenters. The van der Waals surface area contributed by atoms with Crippen molar-refractivity contribution in [2.45, 2.75) is 0 Å². The largest absolute Gasteiger partial charge is 0.515 e. The molecule has 0 aromatic heterocycles. The van der Waals surface area contributed by atoms with Crippen molar-refractivity contribution in [3.8, 4) is 0 Å². The second-order valence-corrected chi connectivity index (χ2v) is 3.09. The first kappa shape index (κ1) is 10.3. The number of carbonyl (C=O) groups is 1. The minimum absolute atomic E-state index is 0.197. The van der Waals surface area contributed by atoms with Crippen molar-refractivity contribution in [3.63, 3.8) is 0 Å². The fraction of sp³-hybridized carbons (Fsp3) is 0.182. The number of aliphatic hydroxyl groups excluding tert-OH is 1. The number of aliphatic hydroxyl groups is 1. The number of benzene rings is 1. The molecule has 0 saturated carbocycles. The van der Waals surface area contributed by atoms with Gasteiger partial charge < -0.3 is 10.0 Å². The molecule has 74 valence electrons. The molecule has 1 aromatic carbocycles. The number of rotatable bonds is 3. The van der Waals surface area contributed by atoms with Gasteiger partial charge in [0, 0.05) is 31.4 Å². The average Bonchev–Trinajstić information content (AvgIpc) is 2.18. The smallest absolute Gasteiger partial charge is 0.190 e. The van der Waals surface area contributed by atoms with Crippen LogP contribution in [-0.4, -0.2) is 25.0 Å². The number of ketones is 1. The Kier molecular flexibility index (Phi) is 3.29. The highest BCUT2D eigenvalue weighted by molar-refractivity contribution is 6.08. The van der Waals surface area contributed by atoms with Gasteiger partial charge in [0.1, 0.15) is 0 Å². The van der Waals surface area contributed by atoms with Crippen LogP contribution >= 0.6 is 0 Å². The summed E-state index contributed by atoms with van der Waals surface area (Å²) in [5.74, 6) is -0.197. The molecule has 0 radical (unpaired) electrons. The predicted molar refractivity (Wildman–Crippen MR) is 56.9 cm³/mol. The molecule has 0 aliphatic carbocycles. The van der Waals surface area contributed by atoms with Crippen molar-refractivity contribution >= 4 is 11.5 Å². The molecule has 0 bridgehead atoms. The van der Waals surface area contributed by atoms with Gasteiger partial charge in [-0.15, -0.1) is 0 Å². The molecule has 0 spiro atoms. The maximum Gasteiger partial charge on any atom is 0.190 e. The Hall–Kier alpha value is -1.77. The number of hydrogen-bond donors (Lipinski definition) is 1. The first-order chi connectivity index (χ1) is 6.66. The lowest BCUT2D eigenvalue weighted by Crippen LogP contribution is -2.12. The van der Waals surface area contributed by atoms with E-state index in [4.69, 9.17) is 5.11 Å². The van der Waals surface area contributed by atoms with Crippen molar-refractivity contribution in [2.75, 3.05) is 19.0 Å². The van der Waals surface area contributed by atoms with E-state index in [1.165, 1.54) is 0 Å². The molecule has 14 heavy (non-hydrogen) atoms. The molecule has 0 amide bonds. The molecule has 3 nitrogen and oxygen atoms in total. The molecular formula is C11H13NO2. The predicted octanol–water partition coefficient (Wildman–Crippen LogP) is 2.01. The highest BCUT2D eigenvalue weighted by atomic mass is 16.2. The van der Waals surface area contributed by atoms with Crippen molar-refractivity contribution in [1.29, 1.82) is 0 Å². The Bertz CT molecular complexity index is 356. The lowest BCUT2D eigenvalue weighted by molar-refractivity contribution is 0.104. The zero-order valence-corrected chi connectivity index (χ0v) is 8.27. The lowest BCUT2D eigenvalue weighted by Gasteiger charge is -2.15. The van der Waals surface area contributed by atoms with E-state index in [-0.39, 0.29) is 5.78 Å².